The predicted molar refractivity (Wildman–Crippen MR) is 79.2 cm³/mol. The number of carbonyl (C=O) groups is 1. The van der Waals surface area contributed by atoms with Gasteiger partial charge in [0.05, 0.1) is 5.69 Å². The van der Waals surface area contributed by atoms with Crippen LogP contribution in [0.3, 0.4) is 0 Å². The summed E-state index contributed by atoms with van der Waals surface area (Å²) in [6.45, 7) is 2.55. The first-order chi connectivity index (χ1) is 9.51. The van der Waals surface area contributed by atoms with E-state index in [-0.39, 0.29) is 5.91 Å². The van der Waals surface area contributed by atoms with Gasteiger partial charge in [-0.1, -0.05) is 19.1 Å². The third-order valence-corrected chi connectivity index (χ3v) is 3.23. The van der Waals surface area contributed by atoms with Gasteiger partial charge in [0.15, 0.2) is 0 Å². The van der Waals surface area contributed by atoms with Crippen molar-refractivity contribution in [2.75, 3.05) is 12.8 Å². The van der Waals surface area contributed by atoms with Crippen LogP contribution in [0.4, 0.5) is 5.69 Å². The summed E-state index contributed by atoms with van der Waals surface area (Å²) in [6, 6.07) is 9.41. The second-order valence-electron chi connectivity index (χ2n) is 4.90. The van der Waals surface area contributed by atoms with Crippen LogP contribution < -0.4 is 5.73 Å². The zero-order valence-electron chi connectivity index (χ0n) is 12.1. The highest BCUT2D eigenvalue weighted by Gasteiger charge is 2.17. The minimum absolute atomic E-state index is 0.0397. The van der Waals surface area contributed by atoms with Gasteiger partial charge in [0, 0.05) is 26.3 Å². The van der Waals surface area contributed by atoms with E-state index in [1.54, 1.807) is 23.7 Å². The number of hydrogen-bond acceptors (Lipinski definition) is 3. The number of benzene rings is 1. The number of nitrogens with zero attached hydrogens (tertiary/aromatic N) is 3. The molecule has 1 heterocycles. The number of rotatable bonds is 4. The van der Waals surface area contributed by atoms with Crippen LogP contribution in [0.5, 0.6) is 0 Å². The lowest BCUT2D eigenvalue weighted by Gasteiger charge is -2.17. The molecule has 0 spiro atoms. The van der Waals surface area contributed by atoms with Crippen molar-refractivity contribution in [1.82, 2.24) is 14.7 Å². The van der Waals surface area contributed by atoms with Gasteiger partial charge >= 0.3 is 0 Å². The standard InChI is InChI=1S/C15H20N4O/c1-4-13-9-14(19(3)17-13)15(20)18(2)10-11-6-5-7-12(16)8-11/h5-9H,4,10,16H2,1-3H3. The summed E-state index contributed by atoms with van der Waals surface area (Å²) in [5.74, 6) is -0.0397. The molecule has 5 heteroatoms. The van der Waals surface area contributed by atoms with Gasteiger partial charge in [-0.3, -0.25) is 9.48 Å². The first kappa shape index (κ1) is 14.1. The second kappa shape index (κ2) is 5.77. The quantitative estimate of drug-likeness (QED) is 0.864. The van der Waals surface area contributed by atoms with Gasteiger partial charge in [-0.25, -0.2) is 0 Å². The number of nitrogens with two attached hydrogens (primary N) is 1. The monoisotopic (exact) mass is 272 g/mol. The van der Waals surface area contributed by atoms with Crippen molar-refractivity contribution < 1.29 is 4.79 Å². The summed E-state index contributed by atoms with van der Waals surface area (Å²) in [6.07, 6.45) is 0.819. The molecule has 0 saturated carbocycles. The summed E-state index contributed by atoms with van der Waals surface area (Å²) < 4.78 is 1.64. The molecule has 1 aromatic heterocycles. The molecule has 5 nitrogen and oxygen atoms in total. The Hall–Kier alpha value is -2.30. The molecular weight excluding hydrogens is 252 g/mol. The van der Waals surface area contributed by atoms with E-state index >= 15 is 0 Å². The normalized spacial score (nSPS) is 10.6. The molecule has 2 aromatic rings. The minimum Gasteiger partial charge on any atom is -0.399 e. The molecule has 1 amide bonds. The average molecular weight is 272 g/mol. The molecule has 2 rings (SSSR count). The zero-order valence-corrected chi connectivity index (χ0v) is 12.1. The Morgan fingerprint density at radius 3 is 2.75 bits per heavy atom. The summed E-state index contributed by atoms with van der Waals surface area (Å²) in [7, 11) is 3.57. The maximum Gasteiger partial charge on any atom is 0.272 e. The number of anilines is 1. The number of aromatic nitrogens is 2. The molecule has 0 aliphatic rings. The number of carbonyl (C=O) groups excluding carboxylic acids is 1. The minimum atomic E-state index is -0.0397. The number of nitrogen functional groups attached to an aromatic ring is 1. The van der Waals surface area contributed by atoms with E-state index in [2.05, 4.69) is 5.10 Å². The molecule has 0 aliphatic heterocycles. The highest BCUT2D eigenvalue weighted by Crippen LogP contribution is 2.12. The molecular formula is C15H20N4O. The van der Waals surface area contributed by atoms with Crippen LogP contribution in [-0.4, -0.2) is 27.6 Å². The maximum absolute atomic E-state index is 12.4. The molecule has 106 valence electrons. The molecule has 0 fully saturated rings. The summed E-state index contributed by atoms with van der Waals surface area (Å²) in [5, 5.41) is 4.30. The predicted octanol–water partition coefficient (Wildman–Crippen LogP) is 1.84. The van der Waals surface area contributed by atoms with Crippen molar-refractivity contribution in [3.05, 3.63) is 47.3 Å². The first-order valence-corrected chi connectivity index (χ1v) is 6.64. The molecule has 0 bridgehead atoms. The SMILES string of the molecule is CCc1cc(C(=O)N(C)Cc2cccc(N)c2)n(C)n1. The fraction of sp³-hybridized carbons (Fsp3) is 0.333. The number of hydrogen-bond donors (Lipinski definition) is 1. The van der Waals surface area contributed by atoms with E-state index in [1.165, 1.54) is 0 Å². The van der Waals surface area contributed by atoms with Crippen LogP contribution in [-0.2, 0) is 20.0 Å². The Balaban J connectivity index is 2.14. The molecule has 0 saturated heterocycles. The van der Waals surface area contributed by atoms with Crippen molar-refractivity contribution in [3.63, 3.8) is 0 Å². The Bertz CT molecular complexity index is 618. The Morgan fingerprint density at radius 2 is 2.15 bits per heavy atom. The highest BCUT2D eigenvalue weighted by atomic mass is 16.2. The lowest BCUT2D eigenvalue weighted by molar-refractivity contribution is 0.0774. The smallest absolute Gasteiger partial charge is 0.272 e. The van der Waals surface area contributed by atoms with Crippen LogP contribution >= 0.6 is 0 Å². The second-order valence-corrected chi connectivity index (χ2v) is 4.90. The maximum atomic E-state index is 12.4. The molecule has 1 aromatic carbocycles. The summed E-state index contributed by atoms with van der Waals surface area (Å²) >= 11 is 0. The highest BCUT2D eigenvalue weighted by molar-refractivity contribution is 5.92. The lowest BCUT2D eigenvalue weighted by atomic mass is 10.2. The van der Waals surface area contributed by atoms with Gasteiger partial charge < -0.3 is 10.6 Å². The zero-order chi connectivity index (χ0) is 14.7. The molecule has 0 unspecified atom stereocenters. The number of amides is 1. The van der Waals surface area contributed by atoms with Gasteiger partial charge in [0.25, 0.3) is 5.91 Å². The van der Waals surface area contributed by atoms with E-state index in [9.17, 15) is 4.79 Å². The van der Waals surface area contributed by atoms with Gasteiger partial charge in [-0.15, -0.1) is 0 Å². The van der Waals surface area contributed by atoms with Crippen LogP contribution in [0, 0.1) is 0 Å². The third-order valence-electron chi connectivity index (χ3n) is 3.23. The van der Waals surface area contributed by atoms with E-state index in [0.717, 1.165) is 17.7 Å². The first-order valence-electron chi connectivity index (χ1n) is 6.64. The molecule has 0 radical (unpaired) electrons. The fourth-order valence-corrected chi connectivity index (χ4v) is 2.13. The molecule has 2 N–H and O–H groups in total. The van der Waals surface area contributed by atoms with Crippen molar-refractivity contribution in [2.45, 2.75) is 19.9 Å². The molecule has 20 heavy (non-hydrogen) atoms. The van der Waals surface area contributed by atoms with E-state index in [0.29, 0.717) is 17.9 Å². The van der Waals surface area contributed by atoms with Crippen molar-refractivity contribution >= 4 is 11.6 Å². The topological polar surface area (TPSA) is 64.2 Å². The largest absolute Gasteiger partial charge is 0.399 e. The van der Waals surface area contributed by atoms with Gasteiger partial charge in [0.2, 0.25) is 0 Å². The Kier molecular flexibility index (Phi) is 4.08. The third kappa shape index (κ3) is 2.99. The van der Waals surface area contributed by atoms with E-state index in [1.807, 2.05) is 37.3 Å². The fourth-order valence-electron chi connectivity index (χ4n) is 2.13. The molecule has 0 atom stereocenters. The van der Waals surface area contributed by atoms with Crippen LogP contribution in [0.2, 0.25) is 0 Å². The van der Waals surface area contributed by atoms with E-state index < -0.39 is 0 Å². The van der Waals surface area contributed by atoms with Crippen LogP contribution in [0.25, 0.3) is 0 Å². The Morgan fingerprint density at radius 1 is 1.40 bits per heavy atom. The van der Waals surface area contributed by atoms with Crippen molar-refractivity contribution in [1.29, 1.82) is 0 Å². The van der Waals surface area contributed by atoms with Crippen LogP contribution in [0.15, 0.2) is 30.3 Å². The summed E-state index contributed by atoms with van der Waals surface area (Å²) in [5.41, 5.74) is 9.00. The summed E-state index contributed by atoms with van der Waals surface area (Å²) in [4.78, 5) is 14.1. The van der Waals surface area contributed by atoms with Gasteiger partial charge in [-0.2, -0.15) is 5.10 Å². The van der Waals surface area contributed by atoms with Gasteiger partial charge in [-0.05, 0) is 30.2 Å². The Labute approximate surface area is 119 Å². The van der Waals surface area contributed by atoms with Gasteiger partial charge in [0.1, 0.15) is 5.69 Å². The lowest BCUT2D eigenvalue weighted by Crippen LogP contribution is -2.28. The average Bonchev–Trinajstić information content (AvgIpc) is 2.79. The van der Waals surface area contributed by atoms with Crippen LogP contribution in [0.1, 0.15) is 28.7 Å². The molecule has 0 aliphatic carbocycles. The number of aryl methyl sites for hydroxylation is 2. The van der Waals surface area contributed by atoms with Crippen molar-refractivity contribution in [2.24, 2.45) is 7.05 Å². The van der Waals surface area contributed by atoms with Crippen molar-refractivity contribution in [3.8, 4) is 0 Å². The van der Waals surface area contributed by atoms with E-state index in [4.69, 9.17) is 5.73 Å².